The van der Waals surface area contributed by atoms with E-state index in [2.05, 4.69) is 30.3 Å². The van der Waals surface area contributed by atoms with Gasteiger partial charge in [-0.25, -0.2) is 0 Å². The smallest absolute Gasteiger partial charge is 0.127 e. The molecule has 1 N–H and O–H groups in total. The van der Waals surface area contributed by atoms with Crippen LogP contribution in [-0.2, 0) is 0 Å². The topological polar surface area (TPSA) is 29.5 Å². The molecular weight excluding hydrogens is 248 g/mol. The molecule has 0 aliphatic carbocycles. The van der Waals surface area contributed by atoms with E-state index in [0.29, 0.717) is 6.61 Å². The number of hydrogen-bond donors (Lipinski definition) is 1. The number of benzene rings is 3. The van der Waals surface area contributed by atoms with Gasteiger partial charge in [0.2, 0.25) is 0 Å². The molecule has 2 nitrogen and oxygen atoms in total. The van der Waals surface area contributed by atoms with E-state index in [0.717, 1.165) is 16.9 Å². The van der Waals surface area contributed by atoms with Gasteiger partial charge in [-0.2, -0.15) is 0 Å². The number of fused-ring (bicyclic) bond motifs is 1. The zero-order valence-corrected chi connectivity index (χ0v) is 11.1. The Balaban J connectivity index is 2.06. The van der Waals surface area contributed by atoms with Crippen LogP contribution in [0.3, 0.4) is 0 Å². The quantitative estimate of drug-likeness (QED) is 0.775. The van der Waals surface area contributed by atoms with Crippen molar-refractivity contribution in [3.8, 4) is 16.9 Å². The van der Waals surface area contributed by atoms with Crippen LogP contribution in [0.1, 0.15) is 0 Å². The Kier molecular flexibility index (Phi) is 3.66. The van der Waals surface area contributed by atoms with Crippen LogP contribution in [0.2, 0.25) is 0 Å². The summed E-state index contributed by atoms with van der Waals surface area (Å²) in [7, 11) is 0. The van der Waals surface area contributed by atoms with Crippen LogP contribution in [0.15, 0.2) is 66.7 Å². The van der Waals surface area contributed by atoms with Crippen LogP contribution < -0.4 is 4.74 Å². The maximum absolute atomic E-state index is 8.91. The van der Waals surface area contributed by atoms with Crippen LogP contribution in [-0.4, -0.2) is 18.3 Å². The standard InChI is InChI=1S/C18H16O2/c19-11-12-20-18-8-4-3-7-17(18)16-10-9-14-5-1-2-6-15(14)13-16/h1-10,13,19H,11-12H2. The molecule has 0 aliphatic rings. The van der Waals surface area contributed by atoms with Crippen molar-refractivity contribution in [1.29, 1.82) is 0 Å². The van der Waals surface area contributed by atoms with Crippen molar-refractivity contribution < 1.29 is 9.84 Å². The highest BCUT2D eigenvalue weighted by atomic mass is 16.5. The van der Waals surface area contributed by atoms with E-state index < -0.39 is 0 Å². The van der Waals surface area contributed by atoms with Crippen molar-refractivity contribution in [1.82, 2.24) is 0 Å². The minimum atomic E-state index is 0.0199. The van der Waals surface area contributed by atoms with Gasteiger partial charge in [0.15, 0.2) is 0 Å². The fourth-order valence-electron chi connectivity index (χ4n) is 2.34. The average Bonchev–Trinajstić information content (AvgIpc) is 2.53. The first kappa shape index (κ1) is 12.7. The summed E-state index contributed by atoms with van der Waals surface area (Å²) in [5.41, 5.74) is 2.17. The van der Waals surface area contributed by atoms with Gasteiger partial charge in [0, 0.05) is 5.56 Å². The molecule has 0 saturated carbocycles. The summed E-state index contributed by atoms with van der Waals surface area (Å²) in [6, 6.07) is 22.6. The van der Waals surface area contributed by atoms with E-state index in [-0.39, 0.29) is 6.61 Å². The Morgan fingerprint density at radius 1 is 0.800 bits per heavy atom. The second-order valence-corrected chi connectivity index (χ2v) is 4.63. The third kappa shape index (κ3) is 2.51. The van der Waals surface area contributed by atoms with E-state index in [4.69, 9.17) is 9.84 Å². The average molecular weight is 264 g/mol. The predicted octanol–water partition coefficient (Wildman–Crippen LogP) is 3.88. The fourth-order valence-corrected chi connectivity index (χ4v) is 2.34. The molecule has 0 spiro atoms. The maximum Gasteiger partial charge on any atom is 0.127 e. The number of hydrogen-bond acceptors (Lipinski definition) is 2. The summed E-state index contributed by atoms with van der Waals surface area (Å²) in [6.07, 6.45) is 0. The normalized spacial score (nSPS) is 10.7. The molecule has 0 unspecified atom stereocenters. The van der Waals surface area contributed by atoms with Crippen LogP contribution in [0.5, 0.6) is 5.75 Å². The zero-order chi connectivity index (χ0) is 13.8. The number of para-hydroxylation sites is 1. The van der Waals surface area contributed by atoms with Crippen molar-refractivity contribution in [2.45, 2.75) is 0 Å². The molecule has 0 saturated heterocycles. The molecule has 0 aromatic heterocycles. The summed E-state index contributed by atoms with van der Waals surface area (Å²) >= 11 is 0. The Labute approximate surface area is 118 Å². The van der Waals surface area contributed by atoms with Gasteiger partial charge in [-0.3, -0.25) is 0 Å². The lowest BCUT2D eigenvalue weighted by Crippen LogP contribution is -2.02. The van der Waals surface area contributed by atoms with E-state index in [1.165, 1.54) is 10.8 Å². The third-order valence-electron chi connectivity index (χ3n) is 3.30. The van der Waals surface area contributed by atoms with Gasteiger partial charge in [-0.1, -0.05) is 54.6 Å². The highest BCUT2D eigenvalue weighted by Crippen LogP contribution is 2.31. The first-order valence-corrected chi connectivity index (χ1v) is 6.70. The Hall–Kier alpha value is -2.32. The highest BCUT2D eigenvalue weighted by Gasteiger charge is 2.06. The zero-order valence-electron chi connectivity index (χ0n) is 11.1. The van der Waals surface area contributed by atoms with Crippen molar-refractivity contribution in [2.24, 2.45) is 0 Å². The lowest BCUT2D eigenvalue weighted by molar-refractivity contribution is 0.202. The van der Waals surface area contributed by atoms with Gasteiger partial charge in [0.05, 0.1) is 6.61 Å². The summed E-state index contributed by atoms with van der Waals surface area (Å²) < 4.78 is 5.60. The number of aliphatic hydroxyl groups is 1. The molecule has 3 aromatic carbocycles. The number of aliphatic hydroxyl groups excluding tert-OH is 1. The SMILES string of the molecule is OCCOc1ccccc1-c1ccc2ccccc2c1. The summed E-state index contributed by atoms with van der Waals surface area (Å²) in [5.74, 6) is 0.803. The molecule has 3 rings (SSSR count). The van der Waals surface area contributed by atoms with Crippen LogP contribution in [0.25, 0.3) is 21.9 Å². The second-order valence-electron chi connectivity index (χ2n) is 4.63. The molecule has 100 valence electrons. The predicted molar refractivity (Wildman–Crippen MR) is 82.0 cm³/mol. The molecule has 0 heterocycles. The van der Waals surface area contributed by atoms with Gasteiger partial charge in [-0.05, 0) is 28.5 Å². The molecule has 0 bridgehead atoms. The first-order valence-electron chi connectivity index (χ1n) is 6.70. The molecular formula is C18H16O2. The number of ether oxygens (including phenoxy) is 1. The van der Waals surface area contributed by atoms with Crippen LogP contribution in [0.4, 0.5) is 0 Å². The summed E-state index contributed by atoms with van der Waals surface area (Å²) in [5, 5.41) is 11.3. The van der Waals surface area contributed by atoms with Gasteiger partial charge >= 0.3 is 0 Å². The second kappa shape index (κ2) is 5.76. The molecule has 20 heavy (non-hydrogen) atoms. The maximum atomic E-state index is 8.91. The molecule has 0 radical (unpaired) electrons. The Morgan fingerprint density at radius 3 is 2.40 bits per heavy atom. The number of rotatable bonds is 4. The molecule has 3 aromatic rings. The third-order valence-corrected chi connectivity index (χ3v) is 3.30. The Morgan fingerprint density at radius 2 is 1.55 bits per heavy atom. The molecule has 2 heteroatoms. The molecule has 0 aliphatic heterocycles. The lowest BCUT2D eigenvalue weighted by Gasteiger charge is -2.11. The van der Waals surface area contributed by atoms with Crippen LogP contribution >= 0.6 is 0 Å². The summed E-state index contributed by atoms with van der Waals surface area (Å²) in [4.78, 5) is 0. The van der Waals surface area contributed by atoms with E-state index in [9.17, 15) is 0 Å². The van der Waals surface area contributed by atoms with Gasteiger partial charge in [0.1, 0.15) is 12.4 Å². The van der Waals surface area contributed by atoms with E-state index in [1.54, 1.807) is 0 Å². The van der Waals surface area contributed by atoms with Gasteiger partial charge in [0.25, 0.3) is 0 Å². The van der Waals surface area contributed by atoms with Crippen molar-refractivity contribution >= 4 is 10.8 Å². The minimum absolute atomic E-state index is 0.0199. The van der Waals surface area contributed by atoms with Crippen molar-refractivity contribution in [3.63, 3.8) is 0 Å². The van der Waals surface area contributed by atoms with Crippen LogP contribution in [0, 0.1) is 0 Å². The Bertz CT molecular complexity index is 719. The van der Waals surface area contributed by atoms with Crippen molar-refractivity contribution in [3.05, 3.63) is 66.7 Å². The molecule has 0 amide bonds. The van der Waals surface area contributed by atoms with E-state index in [1.807, 2.05) is 36.4 Å². The first-order chi connectivity index (χ1) is 9.88. The lowest BCUT2D eigenvalue weighted by atomic mass is 10.0. The van der Waals surface area contributed by atoms with E-state index >= 15 is 0 Å². The summed E-state index contributed by atoms with van der Waals surface area (Å²) in [6.45, 7) is 0.330. The molecule has 0 atom stereocenters. The monoisotopic (exact) mass is 264 g/mol. The van der Waals surface area contributed by atoms with Crippen molar-refractivity contribution in [2.75, 3.05) is 13.2 Å². The molecule has 0 fully saturated rings. The largest absolute Gasteiger partial charge is 0.491 e. The minimum Gasteiger partial charge on any atom is -0.491 e. The van der Waals surface area contributed by atoms with Gasteiger partial charge < -0.3 is 9.84 Å². The fraction of sp³-hybridized carbons (Fsp3) is 0.111. The highest BCUT2D eigenvalue weighted by molar-refractivity contribution is 5.88. The van der Waals surface area contributed by atoms with Gasteiger partial charge in [-0.15, -0.1) is 0 Å².